The van der Waals surface area contributed by atoms with Crippen molar-refractivity contribution in [2.24, 2.45) is 5.73 Å². The fourth-order valence-electron chi connectivity index (χ4n) is 2.25. The van der Waals surface area contributed by atoms with E-state index in [0.717, 1.165) is 19.3 Å². The molecule has 4 heteroatoms. The lowest BCUT2D eigenvalue weighted by molar-refractivity contribution is -0.138. The second-order valence-electron chi connectivity index (χ2n) is 4.56. The lowest BCUT2D eigenvalue weighted by Crippen LogP contribution is -2.45. The molecule has 4 N–H and O–H groups in total. The van der Waals surface area contributed by atoms with Crippen molar-refractivity contribution in [2.75, 3.05) is 6.54 Å². The summed E-state index contributed by atoms with van der Waals surface area (Å²) in [7, 11) is 0. The summed E-state index contributed by atoms with van der Waals surface area (Å²) in [5.41, 5.74) is 8.24. The van der Waals surface area contributed by atoms with Crippen molar-refractivity contribution in [1.29, 1.82) is 0 Å². The van der Waals surface area contributed by atoms with Crippen LogP contribution in [0.2, 0.25) is 0 Å². The Bertz CT molecular complexity index is 406. The molecule has 92 valence electrons. The number of carboxylic acids is 1. The first-order valence-electron chi connectivity index (χ1n) is 5.95. The van der Waals surface area contributed by atoms with E-state index in [-0.39, 0.29) is 0 Å². The van der Waals surface area contributed by atoms with Crippen molar-refractivity contribution in [2.45, 2.75) is 31.3 Å². The van der Waals surface area contributed by atoms with Crippen LogP contribution in [-0.4, -0.2) is 29.7 Å². The Hall–Kier alpha value is -1.39. The summed E-state index contributed by atoms with van der Waals surface area (Å²) in [4.78, 5) is 10.6. The number of carboxylic acid groups (broad SMARTS) is 1. The lowest BCUT2D eigenvalue weighted by atomic mass is 9.88. The second kappa shape index (κ2) is 5.29. The smallest absolute Gasteiger partial charge is 0.321 e. The van der Waals surface area contributed by atoms with Crippen molar-refractivity contribution in [3.63, 3.8) is 0 Å². The zero-order chi connectivity index (χ0) is 12.3. The molecule has 4 nitrogen and oxygen atoms in total. The number of nitrogens with two attached hydrogens (primary N) is 1. The maximum Gasteiger partial charge on any atom is 0.321 e. The van der Waals surface area contributed by atoms with Crippen molar-refractivity contribution in [3.8, 4) is 0 Å². The average Bonchev–Trinajstić information content (AvgIpc) is 2.35. The molecule has 0 radical (unpaired) electrons. The molecular formula is C13H18N2O2. The zero-order valence-electron chi connectivity index (χ0n) is 9.73. The van der Waals surface area contributed by atoms with Gasteiger partial charge in [-0.25, -0.2) is 0 Å². The third kappa shape index (κ3) is 3.05. The van der Waals surface area contributed by atoms with Gasteiger partial charge in [-0.3, -0.25) is 4.79 Å². The van der Waals surface area contributed by atoms with E-state index in [1.807, 2.05) is 6.07 Å². The number of carbonyl (C=O) groups is 1. The van der Waals surface area contributed by atoms with Crippen LogP contribution >= 0.6 is 0 Å². The van der Waals surface area contributed by atoms with Gasteiger partial charge < -0.3 is 16.2 Å². The fraction of sp³-hybridized carbons (Fsp3) is 0.462. The van der Waals surface area contributed by atoms with Crippen LogP contribution in [0.4, 0.5) is 0 Å². The molecule has 2 atom stereocenters. The molecule has 0 aliphatic heterocycles. The Morgan fingerprint density at radius 3 is 2.88 bits per heavy atom. The van der Waals surface area contributed by atoms with E-state index in [1.165, 1.54) is 11.1 Å². The van der Waals surface area contributed by atoms with Crippen LogP contribution in [0.3, 0.4) is 0 Å². The largest absolute Gasteiger partial charge is 0.480 e. The molecule has 0 heterocycles. The number of aryl methyl sites for hydroxylation is 1. The molecule has 17 heavy (non-hydrogen) atoms. The van der Waals surface area contributed by atoms with Gasteiger partial charge in [0.1, 0.15) is 6.04 Å². The molecule has 0 aromatic heterocycles. The number of nitrogens with one attached hydrogen (secondary N) is 1. The Kier molecular flexibility index (Phi) is 3.76. The van der Waals surface area contributed by atoms with Crippen molar-refractivity contribution in [3.05, 3.63) is 35.4 Å². The highest BCUT2D eigenvalue weighted by Crippen LogP contribution is 2.20. The molecule has 0 bridgehead atoms. The summed E-state index contributed by atoms with van der Waals surface area (Å²) in [6.07, 6.45) is 3.06. The monoisotopic (exact) mass is 234 g/mol. The molecule has 0 spiro atoms. The predicted molar refractivity (Wildman–Crippen MR) is 65.9 cm³/mol. The van der Waals surface area contributed by atoms with Gasteiger partial charge >= 0.3 is 5.97 Å². The minimum atomic E-state index is -0.950. The fourth-order valence-corrected chi connectivity index (χ4v) is 2.25. The molecule has 1 aromatic carbocycles. The lowest BCUT2D eigenvalue weighted by Gasteiger charge is -2.26. The molecule has 1 aromatic rings. The maximum absolute atomic E-state index is 10.6. The molecular weight excluding hydrogens is 216 g/mol. The highest BCUT2D eigenvalue weighted by atomic mass is 16.4. The minimum absolute atomic E-state index is 0.335. The van der Waals surface area contributed by atoms with E-state index in [2.05, 4.69) is 23.5 Å². The summed E-state index contributed by atoms with van der Waals surface area (Å²) in [6.45, 7) is 0.335. The summed E-state index contributed by atoms with van der Waals surface area (Å²) in [5, 5.41) is 11.9. The van der Waals surface area contributed by atoms with Crippen LogP contribution in [-0.2, 0) is 17.6 Å². The zero-order valence-corrected chi connectivity index (χ0v) is 9.73. The minimum Gasteiger partial charge on any atom is -0.480 e. The van der Waals surface area contributed by atoms with E-state index in [9.17, 15) is 4.79 Å². The van der Waals surface area contributed by atoms with Crippen molar-refractivity contribution < 1.29 is 9.90 Å². The third-order valence-electron chi connectivity index (χ3n) is 3.29. The van der Waals surface area contributed by atoms with Gasteiger partial charge in [-0.1, -0.05) is 24.3 Å². The summed E-state index contributed by atoms with van der Waals surface area (Å²) in [5.74, 6) is -0.950. The van der Waals surface area contributed by atoms with Gasteiger partial charge in [-0.05, 0) is 30.4 Å². The van der Waals surface area contributed by atoms with Crippen LogP contribution in [0.5, 0.6) is 0 Å². The molecule has 0 saturated carbocycles. The quantitative estimate of drug-likeness (QED) is 0.711. The number of aliphatic carboxylic acids is 1. The van der Waals surface area contributed by atoms with Crippen LogP contribution < -0.4 is 11.1 Å². The molecule has 0 fully saturated rings. The van der Waals surface area contributed by atoms with E-state index >= 15 is 0 Å². The van der Waals surface area contributed by atoms with Gasteiger partial charge in [0, 0.05) is 12.6 Å². The maximum atomic E-state index is 10.6. The normalized spacial score (nSPS) is 20.6. The standard InChI is InChI=1S/C13H18N2O2/c14-12(13(16)17)8-15-11-6-5-9-3-1-2-4-10(9)7-11/h1-4,11-12,15H,5-8,14H2,(H,16,17). The Morgan fingerprint density at radius 1 is 1.47 bits per heavy atom. The SMILES string of the molecule is NC(CNC1CCc2ccccc2C1)C(=O)O. The first kappa shape index (κ1) is 12.1. The second-order valence-corrected chi connectivity index (χ2v) is 4.56. The van der Waals surface area contributed by atoms with Crippen molar-refractivity contribution >= 4 is 5.97 Å². The van der Waals surface area contributed by atoms with Gasteiger partial charge in [-0.15, -0.1) is 0 Å². The van der Waals surface area contributed by atoms with Gasteiger partial charge in [0.05, 0.1) is 0 Å². The van der Waals surface area contributed by atoms with Crippen LogP contribution in [0.15, 0.2) is 24.3 Å². The van der Waals surface area contributed by atoms with Gasteiger partial charge in [0.15, 0.2) is 0 Å². The molecule has 1 aliphatic carbocycles. The Balaban J connectivity index is 1.88. The number of benzene rings is 1. The van der Waals surface area contributed by atoms with Crippen LogP contribution in [0, 0.1) is 0 Å². The predicted octanol–water partition coefficient (Wildman–Crippen LogP) is 0.545. The summed E-state index contributed by atoms with van der Waals surface area (Å²) >= 11 is 0. The van der Waals surface area contributed by atoms with E-state index in [0.29, 0.717) is 12.6 Å². The Morgan fingerprint density at radius 2 is 2.18 bits per heavy atom. The highest BCUT2D eigenvalue weighted by molar-refractivity contribution is 5.73. The summed E-state index contributed by atoms with van der Waals surface area (Å²) in [6, 6.07) is 7.94. The first-order chi connectivity index (χ1) is 8.16. The summed E-state index contributed by atoms with van der Waals surface area (Å²) < 4.78 is 0. The van der Waals surface area contributed by atoms with Crippen LogP contribution in [0.1, 0.15) is 17.5 Å². The average molecular weight is 234 g/mol. The number of hydrogen-bond donors (Lipinski definition) is 3. The molecule has 1 aliphatic rings. The van der Waals surface area contributed by atoms with E-state index in [1.54, 1.807) is 0 Å². The first-order valence-corrected chi connectivity index (χ1v) is 5.95. The van der Waals surface area contributed by atoms with Crippen LogP contribution in [0.25, 0.3) is 0 Å². The third-order valence-corrected chi connectivity index (χ3v) is 3.29. The number of rotatable bonds is 4. The van der Waals surface area contributed by atoms with Gasteiger partial charge in [-0.2, -0.15) is 0 Å². The molecule has 2 rings (SSSR count). The number of hydrogen-bond acceptors (Lipinski definition) is 3. The highest BCUT2D eigenvalue weighted by Gasteiger charge is 2.19. The topological polar surface area (TPSA) is 75.3 Å². The van der Waals surface area contributed by atoms with Gasteiger partial charge in [0.25, 0.3) is 0 Å². The Labute approximate surface area is 101 Å². The van der Waals surface area contributed by atoms with Crippen molar-refractivity contribution in [1.82, 2.24) is 5.32 Å². The molecule has 2 unspecified atom stereocenters. The molecule has 0 amide bonds. The van der Waals surface area contributed by atoms with Gasteiger partial charge in [0.2, 0.25) is 0 Å². The van der Waals surface area contributed by atoms with E-state index in [4.69, 9.17) is 10.8 Å². The van der Waals surface area contributed by atoms with E-state index < -0.39 is 12.0 Å². The number of fused-ring (bicyclic) bond motifs is 1. The molecule has 0 saturated heterocycles.